The second-order valence-electron chi connectivity index (χ2n) is 3.27. The zero-order valence-electron chi connectivity index (χ0n) is 8.07. The van der Waals surface area contributed by atoms with E-state index in [-0.39, 0.29) is 4.91 Å². The summed E-state index contributed by atoms with van der Waals surface area (Å²) in [6.45, 7) is 0. The molecule has 0 radical (unpaired) electrons. The molecular weight excluding hydrogens is 337 g/mol. The monoisotopic (exact) mass is 345 g/mol. The summed E-state index contributed by atoms with van der Waals surface area (Å²) in [5.41, 5.74) is 1.82. The van der Waals surface area contributed by atoms with E-state index in [0.29, 0.717) is 0 Å². The van der Waals surface area contributed by atoms with E-state index in [2.05, 4.69) is 40.2 Å². The quantitative estimate of drug-likeness (QED) is 0.445. The Kier molecular flexibility index (Phi) is 3.25. The molecule has 16 heavy (non-hydrogen) atoms. The standard InChI is InChI=1S/C11H8INO2S/c12-7-1-2-9-8(4-7)6(5-13-9)3-10(16)11(14)15/h1-5,13,16H,(H,14,15)/b10-3-. The topological polar surface area (TPSA) is 53.1 Å². The summed E-state index contributed by atoms with van der Waals surface area (Å²) in [5.74, 6) is -1.02. The molecule has 2 aromatic rings. The molecule has 0 bridgehead atoms. The fourth-order valence-electron chi connectivity index (χ4n) is 1.44. The smallest absolute Gasteiger partial charge is 0.341 e. The van der Waals surface area contributed by atoms with Gasteiger partial charge in [-0.1, -0.05) is 0 Å². The van der Waals surface area contributed by atoms with E-state index >= 15 is 0 Å². The van der Waals surface area contributed by atoms with Gasteiger partial charge < -0.3 is 10.1 Å². The lowest BCUT2D eigenvalue weighted by atomic mass is 10.1. The molecule has 0 amide bonds. The fraction of sp³-hybridized carbons (Fsp3) is 0. The Labute approximate surface area is 111 Å². The number of halogens is 1. The van der Waals surface area contributed by atoms with Crippen LogP contribution < -0.4 is 0 Å². The maximum atomic E-state index is 10.7. The van der Waals surface area contributed by atoms with E-state index in [0.717, 1.165) is 20.0 Å². The average molecular weight is 345 g/mol. The van der Waals surface area contributed by atoms with Gasteiger partial charge in [-0.3, -0.25) is 0 Å². The molecule has 2 rings (SSSR count). The first kappa shape index (κ1) is 11.5. The van der Waals surface area contributed by atoms with Crippen LogP contribution in [-0.4, -0.2) is 16.1 Å². The molecule has 0 fully saturated rings. The first-order valence-electron chi connectivity index (χ1n) is 4.48. The van der Waals surface area contributed by atoms with Crippen molar-refractivity contribution in [1.29, 1.82) is 0 Å². The molecule has 3 nitrogen and oxygen atoms in total. The van der Waals surface area contributed by atoms with Crippen LogP contribution in [0.15, 0.2) is 29.3 Å². The van der Waals surface area contributed by atoms with Gasteiger partial charge in [-0.25, -0.2) is 4.79 Å². The summed E-state index contributed by atoms with van der Waals surface area (Å²) in [5, 5.41) is 9.75. The largest absolute Gasteiger partial charge is 0.477 e. The van der Waals surface area contributed by atoms with Gasteiger partial charge in [0.05, 0.1) is 4.91 Å². The van der Waals surface area contributed by atoms with Crippen molar-refractivity contribution < 1.29 is 9.90 Å². The van der Waals surface area contributed by atoms with Crippen molar-refractivity contribution in [3.63, 3.8) is 0 Å². The van der Waals surface area contributed by atoms with Crippen molar-refractivity contribution in [3.05, 3.63) is 38.4 Å². The van der Waals surface area contributed by atoms with Crippen molar-refractivity contribution in [2.75, 3.05) is 0 Å². The van der Waals surface area contributed by atoms with Gasteiger partial charge in [-0.2, -0.15) is 0 Å². The highest BCUT2D eigenvalue weighted by Gasteiger charge is 2.05. The van der Waals surface area contributed by atoms with Gasteiger partial charge in [0.15, 0.2) is 0 Å². The number of carboxylic acids is 1. The van der Waals surface area contributed by atoms with Gasteiger partial charge in [-0.15, -0.1) is 12.6 Å². The number of rotatable bonds is 2. The van der Waals surface area contributed by atoms with E-state index in [1.54, 1.807) is 12.3 Å². The predicted molar refractivity (Wildman–Crippen MR) is 75.6 cm³/mol. The number of carbonyl (C=O) groups is 1. The minimum atomic E-state index is -1.02. The molecule has 0 aliphatic rings. The SMILES string of the molecule is O=C(O)/C(S)=C/c1c[nH]c2ccc(I)cc12. The van der Waals surface area contributed by atoms with Gasteiger partial charge in [0.25, 0.3) is 0 Å². The molecule has 0 atom stereocenters. The highest BCUT2D eigenvalue weighted by atomic mass is 127. The molecule has 0 aliphatic carbocycles. The Morgan fingerprint density at radius 2 is 2.25 bits per heavy atom. The summed E-state index contributed by atoms with van der Waals surface area (Å²) in [6.07, 6.45) is 3.32. The highest BCUT2D eigenvalue weighted by Crippen LogP contribution is 2.23. The summed E-state index contributed by atoms with van der Waals surface area (Å²) < 4.78 is 1.11. The predicted octanol–water partition coefficient (Wildman–Crippen LogP) is 3.13. The van der Waals surface area contributed by atoms with Crippen LogP contribution in [-0.2, 0) is 4.79 Å². The lowest BCUT2D eigenvalue weighted by molar-refractivity contribution is -0.131. The average Bonchev–Trinajstić information content (AvgIpc) is 2.61. The van der Waals surface area contributed by atoms with Gasteiger partial charge in [0, 0.05) is 26.2 Å². The van der Waals surface area contributed by atoms with Crippen molar-refractivity contribution >= 4 is 58.2 Å². The highest BCUT2D eigenvalue weighted by molar-refractivity contribution is 14.1. The molecule has 0 unspecified atom stereocenters. The van der Waals surface area contributed by atoms with Gasteiger partial charge in [-0.05, 0) is 46.9 Å². The van der Waals surface area contributed by atoms with Crippen LogP contribution >= 0.6 is 35.2 Å². The van der Waals surface area contributed by atoms with Crippen LogP contribution in [0, 0.1) is 3.57 Å². The number of nitrogens with one attached hydrogen (secondary N) is 1. The number of aromatic nitrogens is 1. The van der Waals surface area contributed by atoms with Crippen LogP contribution in [0.5, 0.6) is 0 Å². The number of aliphatic carboxylic acids is 1. The van der Waals surface area contributed by atoms with E-state index in [9.17, 15) is 4.79 Å². The van der Waals surface area contributed by atoms with E-state index < -0.39 is 5.97 Å². The Morgan fingerprint density at radius 3 is 2.94 bits per heavy atom. The van der Waals surface area contributed by atoms with Crippen LogP contribution in [0.4, 0.5) is 0 Å². The maximum Gasteiger partial charge on any atom is 0.341 e. The zero-order valence-corrected chi connectivity index (χ0v) is 11.1. The van der Waals surface area contributed by atoms with Gasteiger partial charge >= 0.3 is 5.97 Å². The normalized spacial score (nSPS) is 12.0. The van der Waals surface area contributed by atoms with Gasteiger partial charge in [0.2, 0.25) is 0 Å². The Hall–Kier alpha value is -0.950. The molecule has 1 heterocycles. The van der Waals surface area contributed by atoms with Crippen LogP contribution in [0.1, 0.15) is 5.56 Å². The van der Waals surface area contributed by atoms with Crippen LogP contribution in [0.25, 0.3) is 17.0 Å². The molecule has 1 aromatic carbocycles. The Bertz CT molecular complexity index is 589. The van der Waals surface area contributed by atoms with E-state index in [1.165, 1.54) is 0 Å². The lowest BCUT2D eigenvalue weighted by Gasteiger charge is -1.95. The van der Waals surface area contributed by atoms with E-state index in [4.69, 9.17) is 5.11 Å². The molecule has 0 spiro atoms. The number of aromatic amines is 1. The molecule has 2 N–H and O–H groups in total. The number of H-pyrrole nitrogens is 1. The number of benzene rings is 1. The third-order valence-electron chi connectivity index (χ3n) is 2.19. The van der Waals surface area contributed by atoms with Crippen LogP contribution in [0.2, 0.25) is 0 Å². The first-order chi connectivity index (χ1) is 7.58. The Balaban J connectivity index is 2.57. The molecule has 5 heteroatoms. The third-order valence-corrected chi connectivity index (χ3v) is 3.18. The number of thiol groups is 1. The maximum absolute atomic E-state index is 10.7. The minimum Gasteiger partial charge on any atom is -0.477 e. The van der Waals surface area contributed by atoms with Crippen molar-refractivity contribution in [2.45, 2.75) is 0 Å². The van der Waals surface area contributed by atoms with Crippen LogP contribution in [0.3, 0.4) is 0 Å². The summed E-state index contributed by atoms with van der Waals surface area (Å²) >= 11 is 6.13. The number of carboxylic acid groups (broad SMARTS) is 1. The fourth-order valence-corrected chi connectivity index (χ4v) is 2.07. The number of fused-ring (bicyclic) bond motifs is 1. The summed E-state index contributed by atoms with van der Waals surface area (Å²) in [6, 6.07) is 5.96. The minimum absolute atomic E-state index is 0.0276. The molecule has 82 valence electrons. The third kappa shape index (κ3) is 2.25. The first-order valence-corrected chi connectivity index (χ1v) is 6.01. The molecule has 0 saturated carbocycles. The van der Waals surface area contributed by atoms with Crippen molar-refractivity contribution in [1.82, 2.24) is 4.98 Å². The lowest BCUT2D eigenvalue weighted by Crippen LogP contribution is -1.92. The molecule has 1 aromatic heterocycles. The molecular formula is C11H8INO2S. The summed E-state index contributed by atoms with van der Waals surface area (Å²) in [7, 11) is 0. The van der Waals surface area contributed by atoms with Crippen molar-refractivity contribution in [2.24, 2.45) is 0 Å². The molecule has 0 aliphatic heterocycles. The number of hydrogen-bond donors (Lipinski definition) is 3. The number of hydrogen-bond acceptors (Lipinski definition) is 2. The summed E-state index contributed by atoms with van der Waals surface area (Å²) in [4.78, 5) is 13.8. The second kappa shape index (κ2) is 4.50. The van der Waals surface area contributed by atoms with E-state index in [1.807, 2.05) is 18.2 Å². The second-order valence-corrected chi connectivity index (χ2v) is 5.00. The Morgan fingerprint density at radius 1 is 1.50 bits per heavy atom. The zero-order chi connectivity index (χ0) is 11.7. The van der Waals surface area contributed by atoms with Crippen molar-refractivity contribution in [3.8, 4) is 0 Å². The van der Waals surface area contributed by atoms with Gasteiger partial charge in [0.1, 0.15) is 0 Å². The molecule has 0 saturated heterocycles.